The van der Waals surface area contributed by atoms with Crippen molar-refractivity contribution in [1.82, 2.24) is 0 Å². The van der Waals surface area contributed by atoms with Gasteiger partial charge in [-0.25, -0.2) is 0 Å². The Morgan fingerprint density at radius 2 is 0.769 bits per heavy atom. The molecule has 74 valence electrons. The quantitative estimate of drug-likeness (QED) is 0.522. The van der Waals surface area contributed by atoms with Gasteiger partial charge < -0.3 is 4.74 Å². The van der Waals surface area contributed by atoms with Crippen LogP contribution >= 0.6 is 0 Å². The average Bonchev–Trinajstić information content (AvgIpc) is 2.85. The molecular weight excluding hydrogens is 160 g/mol. The normalized spacial score (nSPS) is 49.8. The van der Waals surface area contributed by atoms with Gasteiger partial charge in [-0.2, -0.15) is 0 Å². The highest BCUT2D eigenvalue weighted by Crippen LogP contribution is 2.53. The number of hydrogen-bond donors (Lipinski definition) is 0. The molecule has 0 aromatic carbocycles. The van der Waals surface area contributed by atoms with E-state index in [0.29, 0.717) is 0 Å². The van der Waals surface area contributed by atoms with Gasteiger partial charge in [0.1, 0.15) is 0 Å². The van der Waals surface area contributed by atoms with Crippen molar-refractivity contribution in [3.05, 3.63) is 0 Å². The first-order chi connectivity index (χ1) is 6.40. The fourth-order valence-electron chi connectivity index (χ4n) is 3.98. The lowest BCUT2D eigenvalue weighted by Crippen LogP contribution is -2.38. The van der Waals surface area contributed by atoms with Crippen LogP contribution in [0.5, 0.6) is 0 Å². The van der Waals surface area contributed by atoms with Crippen molar-refractivity contribution in [3.8, 4) is 0 Å². The zero-order valence-electron chi connectivity index (χ0n) is 8.37. The Morgan fingerprint density at radius 1 is 0.538 bits per heavy atom. The van der Waals surface area contributed by atoms with Gasteiger partial charge in [-0.05, 0) is 62.2 Å². The van der Waals surface area contributed by atoms with E-state index < -0.39 is 0 Å². The third-order valence-corrected chi connectivity index (χ3v) is 4.20. The van der Waals surface area contributed by atoms with E-state index in [1.54, 1.807) is 38.5 Å². The van der Waals surface area contributed by atoms with Crippen molar-refractivity contribution >= 4 is 0 Å². The van der Waals surface area contributed by atoms with Crippen molar-refractivity contribution in [2.24, 2.45) is 23.7 Å². The van der Waals surface area contributed by atoms with E-state index in [2.05, 4.69) is 4.74 Å². The van der Waals surface area contributed by atoms with Crippen LogP contribution in [0.1, 0.15) is 38.5 Å². The van der Waals surface area contributed by atoms with Gasteiger partial charge in [0, 0.05) is 0 Å². The Labute approximate surface area is 80.8 Å². The van der Waals surface area contributed by atoms with E-state index in [1.807, 2.05) is 0 Å². The Bertz CT molecular complexity index is 126. The summed E-state index contributed by atoms with van der Waals surface area (Å²) in [4.78, 5) is 0. The second kappa shape index (κ2) is 3.27. The van der Waals surface area contributed by atoms with Gasteiger partial charge in [-0.1, -0.05) is 0 Å². The molecule has 0 radical (unpaired) electrons. The Balaban J connectivity index is 0.000000161. The van der Waals surface area contributed by atoms with Gasteiger partial charge in [-0.3, -0.25) is 0 Å². The van der Waals surface area contributed by atoms with E-state index in [-0.39, 0.29) is 0 Å². The van der Waals surface area contributed by atoms with Crippen LogP contribution in [-0.4, -0.2) is 13.2 Å². The first-order valence-corrected chi connectivity index (χ1v) is 5.98. The summed E-state index contributed by atoms with van der Waals surface area (Å²) in [7, 11) is 0. The Hall–Kier alpha value is -0.0400. The highest BCUT2D eigenvalue weighted by molar-refractivity contribution is 4.92. The van der Waals surface area contributed by atoms with Crippen molar-refractivity contribution < 1.29 is 4.74 Å². The van der Waals surface area contributed by atoms with Gasteiger partial charge >= 0.3 is 0 Å². The summed E-state index contributed by atoms with van der Waals surface area (Å²) in [6.45, 7) is 2.00. The maximum atomic E-state index is 4.50. The van der Waals surface area contributed by atoms with Crippen molar-refractivity contribution in [3.63, 3.8) is 0 Å². The van der Waals surface area contributed by atoms with Gasteiger partial charge in [0.05, 0.1) is 13.2 Å². The minimum absolute atomic E-state index is 1.00. The van der Waals surface area contributed by atoms with Gasteiger partial charge in [0.2, 0.25) is 0 Å². The molecule has 1 heteroatoms. The summed E-state index contributed by atoms with van der Waals surface area (Å²) < 4.78 is 4.50. The minimum Gasteiger partial charge on any atom is -0.377 e. The lowest BCUT2D eigenvalue weighted by atomic mass is 9.56. The van der Waals surface area contributed by atoms with Crippen LogP contribution in [-0.2, 0) is 4.74 Å². The lowest BCUT2D eigenvalue weighted by molar-refractivity contribution is 0.0198. The van der Waals surface area contributed by atoms with Crippen molar-refractivity contribution in [2.75, 3.05) is 13.2 Å². The smallest absolute Gasteiger partial charge is 0.0701 e. The zero-order valence-corrected chi connectivity index (χ0v) is 8.37. The molecule has 0 aromatic heterocycles. The zero-order chi connectivity index (χ0) is 8.67. The number of ether oxygens (including phenoxy) is 1. The van der Waals surface area contributed by atoms with E-state index in [4.69, 9.17) is 0 Å². The largest absolute Gasteiger partial charge is 0.377 e. The molecule has 5 rings (SSSR count). The second-order valence-corrected chi connectivity index (χ2v) is 5.49. The molecule has 0 atom stereocenters. The van der Waals surface area contributed by atoms with Crippen LogP contribution in [0.4, 0.5) is 0 Å². The predicted molar refractivity (Wildman–Crippen MR) is 52.5 cm³/mol. The first kappa shape index (κ1) is 8.28. The van der Waals surface area contributed by atoms with Gasteiger partial charge in [0.25, 0.3) is 0 Å². The SMILES string of the molecule is C1C2CC3CC1CC(C2)C3.C1CO1. The molecule has 1 saturated heterocycles. The van der Waals surface area contributed by atoms with E-state index in [1.165, 1.54) is 23.7 Å². The molecule has 1 heterocycles. The minimum atomic E-state index is 1.00. The van der Waals surface area contributed by atoms with Crippen molar-refractivity contribution in [2.45, 2.75) is 38.5 Å². The molecule has 4 bridgehead atoms. The van der Waals surface area contributed by atoms with Crippen LogP contribution < -0.4 is 0 Å². The maximum Gasteiger partial charge on any atom is 0.0701 e. The molecule has 4 aliphatic carbocycles. The Morgan fingerprint density at radius 3 is 0.923 bits per heavy atom. The second-order valence-electron chi connectivity index (χ2n) is 5.49. The highest BCUT2D eigenvalue weighted by atomic mass is 16.6. The number of rotatable bonds is 0. The third-order valence-electron chi connectivity index (χ3n) is 4.20. The summed E-state index contributed by atoms with van der Waals surface area (Å²) in [5, 5.41) is 0. The van der Waals surface area contributed by atoms with Crippen LogP contribution in [0.25, 0.3) is 0 Å². The predicted octanol–water partition coefficient (Wildman–Crippen LogP) is 2.85. The summed E-state index contributed by atoms with van der Waals surface area (Å²) in [6, 6.07) is 0. The van der Waals surface area contributed by atoms with Crippen LogP contribution in [0.3, 0.4) is 0 Å². The molecule has 0 amide bonds. The van der Waals surface area contributed by atoms with Crippen molar-refractivity contribution in [1.29, 1.82) is 0 Å². The monoisotopic (exact) mass is 180 g/mol. The first-order valence-electron chi connectivity index (χ1n) is 5.98. The summed E-state index contributed by atoms with van der Waals surface area (Å²) in [6.07, 6.45) is 9.62. The maximum absolute atomic E-state index is 4.50. The summed E-state index contributed by atoms with van der Waals surface area (Å²) >= 11 is 0. The summed E-state index contributed by atoms with van der Waals surface area (Å²) in [5.41, 5.74) is 0. The fraction of sp³-hybridized carbons (Fsp3) is 1.00. The topological polar surface area (TPSA) is 12.5 Å². The van der Waals surface area contributed by atoms with Crippen LogP contribution in [0.2, 0.25) is 0 Å². The molecule has 4 saturated carbocycles. The van der Waals surface area contributed by atoms with Crippen LogP contribution in [0.15, 0.2) is 0 Å². The lowest BCUT2D eigenvalue weighted by Gasteiger charge is -2.49. The molecule has 0 aromatic rings. The summed E-state index contributed by atoms with van der Waals surface area (Å²) in [5.74, 6) is 4.71. The standard InChI is InChI=1S/C10H16.C2H4O/c1-7-2-9-4-8(1)5-10(3-7)6-9;1-2-3-1/h7-10H,1-6H2;1-2H2. The molecule has 0 N–H and O–H groups in total. The van der Waals surface area contributed by atoms with Gasteiger partial charge in [0.15, 0.2) is 0 Å². The molecule has 1 aliphatic heterocycles. The van der Waals surface area contributed by atoms with E-state index in [9.17, 15) is 0 Å². The molecule has 5 aliphatic rings. The molecule has 0 unspecified atom stereocenters. The Kier molecular flexibility index (Phi) is 2.08. The molecule has 0 spiro atoms. The van der Waals surface area contributed by atoms with Gasteiger partial charge in [-0.15, -0.1) is 0 Å². The highest BCUT2D eigenvalue weighted by Gasteiger charge is 2.41. The molecule has 13 heavy (non-hydrogen) atoms. The number of hydrogen-bond acceptors (Lipinski definition) is 1. The van der Waals surface area contributed by atoms with E-state index >= 15 is 0 Å². The third kappa shape index (κ3) is 1.90. The molecular formula is C12H20O. The average molecular weight is 180 g/mol. The van der Waals surface area contributed by atoms with Crippen LogP contribution in [0, 0.1) is 23.7 Å². The molecule has 1 nitrogen and oxygen atoms in total. The fourth-order valence-corrected chi connectivity index (χ4v) is 3.98. The number of epoxide rings is 1. The van der Waals surface area contributed by atoms with E-state index in [0.717, 1.165) is 13.2 Å². The molecule has 5 fully saturated rings.